The molecule has 5 nitrogen and oxygen atoms in total. The van der Waals surface area contributed by atoms with Gasteiger partial charge < -0.3 is 15.4 Å². The lowest BCUT2D eigenvalue weighted by Gasteiger charge is -2.15. The minimum atomic E-state index is -0.515. The van der Waals surface area contributed by atoms with Crippen molar-refractivity contribution in [3.8, 4) is 5.75 Å². The molecule has 1 aromatic rings. The number of hydrogen-bond donors (Lipinski definition) is 2. The van der Waals surface area contributed by atoms with Gasteiger partial charge in [-0.05, 0) is 38.4 Å². The molecule has 0 spiro atoms. The van der Waals surface area contributed by atoms with Crippen LogP contribution in [0.3, 0.4) is 0 Å². The normalized spacial score (nSPS) is 12.2. The van der Waals surface area contributed by atoms with Crippen molar-refractivity contribution in [2.45, 2.75) is 39.8 Å². The van der Waals surface area contributed by atoms with Crippen molar-refractivity contribution in [3.63, 3.8) is 0 Å². The average molecular weight is 279 g/mol. The molecule has 0 aliphatic heterocycles. The fourth-order valence-electron chi connectivity index (χ4n) is 1.65. The molecule has 1 atom stereocenters. The number of amides is 1. The molecule has 0 aliphatic carbocycles. The lowest BCUT2D eigenvalue weighted by Crippen LogP contribution is -2.37. The number of nitrogens with one attached hydrogen (secondary N) is 2. The third kappa shape index (κ3) is 6.02. The summed E-state index contributed by atoms with van der Waals surface area (Å²) >= 11 is 0. The van der Waals surface area contributed by atoms with Gasteiger partial charge in [0, 0.05) is 13.1 Å². The van der Waals surface area contributed by atoms with E-state index in [2.05, 4.69) is 29.5 Å². The summed E-state index contributed by atoms with van der Waals surface area (Å²) in [6.45, 7) is 7.40. The van der Waals surface area contributed by atoms with Crippen LogP contribution in [-0.4, -0.2) is 30.6 Å². The minimum Gasteiger partial charge on any atom is -0.479 e. The summed E-state index contributed by atoms with van der Waals surface area (Å²) in [6, 6.07) is 3.72. The third-order valence-corrected chi connectivity index (χ3v) is 2.86. The Bertz CT molecular complexity index is 404. The zero-order valence-electron chi connectivity index (χ0n) is 12.8. The Morgan fingerprint density at radius 1 is 1.35 bits per heavy atom. The predicted octanol–water partition coefficient (Wildman–Crippen LogP) is 1.73. The van der Waals surface area contributed by atoms with E-state index in [0.717, 1.165) is 12.1 Å². The van der Waals surface area contributed by atoms with Gasteiger partial charge in [-0.15, -0.1) is 0 Å². The summed E-state index contributed by atoms with van der Waals surface area (Å²) in [5.74, 6) is 1.09. The van der Waals surface area contributed by atoms with Crippen LogP contribution in [0.4, 0.5) is 0 Å². The number of ether oxygens (including phenoxy) is 1. The summed E-state index contributed by atoms with van der Waals surface area (Å²) in [6.07, 6.45) is 2.10. The van der Waals surface area contributed by atoms with E-state index in [1.807, 2.05) is 19.2 Å². The molecule has 0 saturated heterocycles. The second-order valence-corrected chi connectivity index (χ2v) is 5.25. The van der Waals surface area contributed by atoms with Gasteiger partial charge in [-0.1, -0.05) is 13.8 Å². The number of pyridine rings is 1. The molecule has 1 rings (SSSR count). The number of aromatic nitrogens is 1. The highest BCUT2D eigenvalue weighted by Gasteiger charge is 2.14. The molecule has 1 amide bonds. The standard InChI is InChI=1S/C15H25N3O2/c1-11(2)7-8-17-15(19)12(3)20-14-6-5-13(9-16-4)18-10-14/h5-6,10-12,16H,7-9H2,1-4H3,(H,17,19). The lowest BCUT2D eigenvalue weighted by atomic mass is 10.1. The first kappa shape index (κ1) is 16.4. The highest BCUT2D eigenvalue weighted by molar-refractivity contribution is 5.80. The molecule has 0 radical (unpaired) electrons. The first-order valence-electron chi connectivity index (χ1n) is 7.06. The molecule has 0 aromatic carbocycles. The van der Waals surface area contributed by atoms with E-state index in [1.54, 1.807) is 13.1 Å². The smallest absolute Gasteiger partial charge is 0.260 e. The van der Waals surface area contributed by atoms with Crippen LogP contribution < -0.4 is 15.4 Å². The van der Waals surface area contributed by atoms with E-state index in [-0.39, 0.29) is 5.91 Å². The second kappa shape index (κ2) is 8.53. The number of carbonyl (C=O) groups excluding carboxylic acids is 1. The van der Waals surface area contributed by atoms with Gasteiger partial charge in [0.2, 0.25) is 0 Å². The molecule has 1 unspecified atom stereocenters. The van der Waals surface area contributed by atoms with E-state index in [9.17, 15) is 4.79 Å². The zero-order chi connectivity index (χ0) is 15.0. The fourth-order valence-corrected chi connectivity index (χ4v) is 1.65. The Balaban J connectivity index is 2.40. The lowest BCUT2D eigenvalue weighted by molar-refractivity contribution is -0.127. The van der Waals surface area contributed by atoms with Crippen LogP contribution in [0.25, 0.3) is 0 Å². The molecule has 2 N–H and O–H groups in total. The van der Waals surface area contributed by atoms with Crippen molar-refractivity contribution in [1.29, 1.82) is 0 Å². The molecule has 1 heterocycles. The number of hydrogen-bond acceptors (Lipinski definition) is 4. The summed E-state index contributed by atoms with van der Waals surface area (Å²) in [5, 5.41) is 5.90. The monoisotopic (exact) mass is 279 g/mol. The minimum absolute atomic E-state index is 0.0926. The molecule has 20 heavy (non-hydrogen) atoms. The van der Waals surface area contributed by atoms with E-state index in [4.69, 9.17) is 4.74 Å². The maximum atomic E-state index is 11.8. The Hall–Kier alpha value is -1.62. The SMILES string of the molecule is CNCc1ccc(OC(C)C(=O)NCCC(C)C)cn1. The molecule has 5 heteroatoms. The molecule has 0 aliphatic rings. The van der Waals surface area contributed by atoms with Crippen LogP contribution in [0.5, 0.6) is 5.75 Å². The summed E-state index contributed by atoms with van der Waals surface area (Å²) in [5.41, 5.74) is 0.939. The highest BCUT2D eigenvalue weighted by Crippen LogP contribution is 2.11. The quantitative estimate of drug-likeness (QED) is 0.760. The van der Waals surface area contributed by atoms with Crippen molar-refractivity contribution in [2.75, 3.05) is 13.6 Å². The van der Waals surface area contributed by atoms with Gasteiger partial charge in [0.05, 0.1) is 11.9 Å². The first-order chi connectivity index (χ1) is 9.52. The average Bonchev–Trinajstić information content (AvgIpc) is 2.40. The Morgan fingerprint density at radius 2 is 2.10 bits per heavy atom. The van der Waals surface area contributed by atoms with Crippen LogP contribution >= 0.6 is 0 Å². The van der Waals surface area contributed by atoms with Gasteiger partial charge in [0.1, 0.15) is 5.75 Å². The van der Waals surface area contributed by atoms with Gasteiger partial charge in [0.15, 0.2) is 6.10 Å². The molecule has 0 fully saturated rings. The van der Waals surface area contributed by atoms with Crippen molar-refractivity contribution >= 4 is 5.91 Å². The molecule has 112 valence electrons. The maximum Gasteiger partial charge on any atom is 0.260 e. The van der Waals surface area contributed by atoms with Gasteiger partial charge in [-0.3, -0.25) is 9.78 Å². The van der Waals surface area contributed by atoms with Gasteiger partial charge in [-0.25, -0.2) is 0 Å². The van der Waals surface area contributed by atoms with E-state index in [1.165, 1.54) is 0 Å². The largest absolute Gasteiger partial charge is 0.479 e. The van der Waals surface area contributed by atoms with E-state index < -0.39 is 6.10 Å². The number of rotatable bonds is 8. The Labute approximate surface area is 121 Å². The maximum absolute atomic E-state index is 11.8. The van der Waals surface area contributed by atoms with Crippen LogP contribution in [0.2, 0.25) is 0 Å². The molecule has 0 bridgehead atoms. The first-order valence-corrected chi connectivity index (χ1v) is 7.06. The topological polar surface area (TPSA) is 63.2 Å². The fraction of sp³-hybridized carbons (Fsp3) is 0.600. The molecule has 1 aromatic heterocycles. The van der Waals surface area contributed by atoms with Crippen LogP contribution in [-0.2, 0) is 11.3 Å². The number of carbonyl (C=O) groups is 1. The summed E-state index contributed by atoms with van der Waals surface area (Å²) in [7, 11) is 1.87. The van der Waals surface area contributed by atoms with Crippen molar-refractivity contribution in [1.82, 2.24) is 15.6 Å². The van der Waals surface area contributed by atoms with E-state index >= 15 is 0 Å². The van der Waals surface area contributed by atoms with Crippen LogP contribution in [0.15, 0.2) is 18.3 Å². The summed E-state index contributed by atoms with van der Waals surface area (Å²) < 4.78 is 5.57. The second-order valence-electron chi connectivity index (χ2n) is 5.25. The zero-order valence-corrected chi connectivity index (χ0v) is 12.8. The van der Waals surface area contributed by atoms with Gasteiger partial charge >= 0.3 is 0 Å². The van der Waals surface area contributed by atoms with Crippen molar-refractivity contribution in [2.24, 2.45) is 5.92 Å². The summed E-state index contributed by atoms with van der Waals surface area (Å²) in [4.78, 5) is 16.1. The van der Waals surface area contributed by atoms with E-state index in [0.29, 0.717) is 24.8 Å². The third-order valence-electron chi connectivity index (χ3n) is 2.86. The predicted molar refractivity (Wildman–Crippen MR) is 79.6 cm³/mol. The molecular formula is C15H25N3O2. The van der Waals surface area contributed by atoms with Gasteiger partial charge in [-0.2, -0.15) is 0 Å². The Kier molecular flexibility index (Phi) is 7.01. The van der Waals surface area contributed by atoms with Gasteiger partial charge in [0.25, 0.3) is 5.91 Å². The van der Waals surface area contributed by atoms with Crippen molar-refractivity contribution < 1.29 is 9.53 Å². The molecule has 0 saturated carbocycles. The number of nitrogens with zero attached hydrogens (tertiary/aromatic N) is 1. The van der Waals surface area contributed by atoms with Crippen molar-refractivity contribution in [3.05, 3.63) is 24.0 Å². The molecular weight excluding hydrogens is 254 g/mol. The highest BCUT2D eigenvalue weighted by atomic mass is 16.5. The van der Waals surface area contributed by atoms with Crippen LogP contribution in [0, 0.1) is 5.92 Å². The van der Waals surface area contributed by atoms with Crippen LogP contribution in [0.1, 0.15) is 32.9 Å². The Morgan fingerprint density at radius 3 is 2.65 bits per heavy atom.